The van der Waals surface area contributed by atoms with Crippen LogP contribution in [0.5, 0.6) is 0 Å². The van der Waals surface area contributed by atoms with E-state index in [9.17, 15) is 0 Å². The second kappa shape index (κ2) is 10.3. The Labute approximate surface area is 153 Å². The first kappa shape index (κ1) is 22.2. The van der Waals surface area contributed by atoms with E-state index < -0.39 is 8.32 Å². The predicted octanol–water partition coefficient (Wildman–Crippen LogP) is 5.57. The van der Waals surface area contributed by atoms with Crippen LogP contribution in [-0.2, 0) is 13.9 Å². The van der Waals surface area contributed by atoms with Crippen LogP contribution in [0.1, 0.15) is 53.4 Å². The van der Waals surface area contributed by atoms with E-state index in [0.717, 1.165) is 6.42 Å². The summed E-state index contributed by atoms with van der Waals surface area (Å²) in [4.78, 5) is 2.93. The van der Waals surface area contributed by atoms with E-state index in [-0.39, 0.29) is 23.5 Å². The van der Waals surface area contributed by atoms with Crippen molar-refractivity contribution in [3.63, 3.8) is 0 Å². The molecule has 1 rings (SSSR count). The molecule has 0 saturated carbocycles. The molecule has 7 heteroatoms. The molecule has 0 saturated heterocycles. The number of rotatable bonds is 10. The topological polar surface area (TPSA) is 76.5 Å². The first-order valence-electron chi connectivity index (χ1n) is 9.35. The van der Waals surface area contributed by atoms with Crippen LogP contribution in [0.4, 0.5) is 0 Å². The molecule has 0 amide bonds. The maximum absolute atomic E-state index is 8.79. The highest BCUT2D eigenvalue weighted by Crippen LogP contribution is 2.37. The second-order valence-corrected chi connectivity index (χ2v) is 12.9. The SMILES string of the molecule is CCCCCCO[C@@H]1C=C[C@H](N=[N+]=[N-])[C@@H](CO[Si](C)(C)C(C)(C)C)O1. The number of hydrogen-bond acceptors (Lipinski definition) is 4. The average Bonchev–Trinajstić information content (AvgIpc) is 2.53. The highest BCUT2D eigenvalue weighted by molar-refractivity contribution is 6.74. The van der Waals surface area contributed by atoms with Crippen molar-refractivity contribution in [3.8, 4) is 0 Å². The molecule has 6 nitrogen and oxygen atoms in total. The Morgan fingerprint density at radius 1 is 1.20 bits per heavy atom. The number of unbranched alkanes of at least 4 members (excludes halogenated alkanes) is 3. The van der Waals surface area contributed by atoms with Crippen LogP contribution in [0.2, 0.25) is 18.1 Å². The molecule has 0 fully saturated rings. The molecule has 0 unspecified atom stereocenters. The van der Waals surface area contributed by atoms with E-state index in [2.05, 4.69) is 50.8 Å². The summed E-state index contributed by atoms with van der Waals surface area (Å²) in [5.74, 6) is 0. The van der Waals surface area contributed by atoms with Crippen molar-refractivity contribution in [3.05, 3.63) is 22.6 Å². The number of azide groups is 1. The Kier molecular flexibility index (Phi) is 9.17. The van der Waals surface area contributed by atoms with Gasteiger partial charge in [-0.3, -0.25) is 0 Å². The van der Waals surface area contributed by atoms with Gasteiger partial charge >= 0.3 is 0 Å². The standard InChI is InChI=1S/C18H35N3O3Si/c1-7-8-9-10-13-22-17-12-11-15(20-21-19)16(24-17)14-23-25(5,6)18(2,3)4/h11-12,15-17H,7-10,13-14H2,1-6H3/t15-,16+,17-/m0/s1. The lowest BCUT2D eigenvalue weighted by Gasteiger charge is -2.38. The van der Waals surface area contributed by atoms with E-state index in [4.69, 9.17) is 19.4 Å². The third-order valence-electron chi connectivity index (χ3n) is 5.03. The summed E-state index contributed by atoms with van der Waals surface area (Å²) < 4.78 is 18.0. The molecule has 25 heavy (non-hydrogen) atoms. The van der Waals surface area contributed by atoms with E-state index in [1.54, 1.807) is 0 Å². The van der Waals surface area contributed by atoms with Gasteiger partial charge in [0.2, 0.25) is 0 Å². The van der Waals surface area contributed by atoms with Gasteiger partial charge in [0, 0.05) is 4.91 Å². The Morgan fingerprint density at radius 2 is 1.92 bits per heavy atom. The highest BCUT2D eigenvalue weighted by atomic mass is 28.4. The van der Waals surface area contributed by atoms with Gasteiger partial charge in [-0.1, -0.05) is 58.1 Å². The second-order valence-electron chi connectivity index (χ2n) is 8.13. The lowest BCUT2D eigenvalue weighted by atomic mass is 10.1. The molecule has 0 aromatic carbocycles. The Balaban J connectivity index is 2.59. The molecule has 0 spiro atoms. The van der Waals surface area contributed by atoms with Crippen LogP contribution in [0.3, 0.4) is 0 Å². The quantitative estimate of drug-likeness (QED) is 0.126. The summed E-state index contributed by atoms with van der Waals surface area (Å²) in [6, 6.07) is -0.352. The summed E-state index contributed by atoms with van der Waals surface area (Å²) in [5.41, 5.74) is 8.79. The van der Waals surface area contributed by atoms with Gasteiger partial charge in [0.15, 0.2) is 14.6 Å². The molecule has 0 radical (unpaired) electrons. The fourth-order valence-corrected chi connectivity index (χ4v) is 3.28. The zero-order valence-electron chi connectivity index (χ0n) is 16.7. The largest absolute Gasteiger partial charge is 0.414 e. The third-order valence-corrected chi connectivity index (χ3v) is 9.54. The first-order valence-corrected chi connectivity index (χ1v) is 12.3. The zero-order valence-corrected chi connectivity index (χ0v) is 17.7. The van der Waals surface area contributed by atoms with E-state index in [0.29, 0.717) is 13.2 Å². The van der Waals surface area contributed by atoms with Crippen LogP contribution >= 0.6 is 0 Å². The van der Waals surface area contributed by atoms with E-state index in [1.807, 2.05) is 12.2 Å². The van der Waals surface area contributed by atoms with Crippen molar-refractivity contribution >= 4 is 8.32 Å². The Bertz CT molecular complexity index is 471. The normalized spacial score (nSPS) is 24.2. The van der Waals surface area contributed by atoms with Gasteiger partial charge in [-0.2, -0.15) is 0 Å². The van der Waals surface area contributed by atoms with Gasteiger partial charge in [0.1, 0.15) is 0 Å². The molecular formula is C18H35N3O3Si. The first-order chi connectivity index (χ1) is 11.7. The molecule has 144 valence electrons. The maximum atomic E-state index is 8.79. The minimum Gasteiger partial charge on any atom is -0.414 e. The molecular weight excluding hydrogens is 334 g/mol. The van der Waals surface area contributed by atoms with Crippen LogP contribution in [-0.4, -0.2) is 40.0 Å². The Hall–Kier alpha value is -0.853. The number of hydrogen-bond donors (Lipinski definition) is 0. The summed E-state index contributed by atoms with van der Waals surface area (Å²) in [5, 5.41) is 3.96. The van der Waals surface area contributed by atoms with Crippen molar-refractivity contribution in [1.82, 2.24) is 0 Å². The van der Waals surface area contributed by atoms with Crippen LogP contribution < -0.4 is 0 Å². The molecule has 1 heterocycles. The van der Waals surface area contributed by atoms with Crippen molar-refractivity contribution in [2.45, 2.75) is 89.9 Å². The molecule has 1 aliphatic heterocycles. The lowest BCUT2D eigenvalue weighted by molar-refractivity contribution is -0.159. The highest BCUT2D eigenvalue weighted by Gasteiger charge is 2.39. The van der Waals surface area contributed by atoms with Gasteiger partial charge < -0.3 is 13.9 Å². The van der Waals surface area contributed by atoms with Crippen molar-refractivity contribution in [2.24, 2.45) is 5.11 Å². The van der Waals surface area contributed by atoms with Crippen molar-refractivity contribution in [1.29, 1.82) is 0 Å². The molecule has 0 bridgehead atoms. The van der Waals surface area contributed by atoms with Crippen LogP contribution in [0.15, 0.2) is 17.3 Å². The van der Waals surface area contributed by atoms with Crippen molar-refractivity contribution < 1.29 is 13.9 Å². The summed E-state index contributed by atoms with van der Waals surface area (Å²) in [6.07, 6.45) is 7.66. The van der Waals surface area contributed by atoms with E-state index >= 15 is 0 Å². The number of nitrogens with zero attached hydrogens (tertiary/aromatic N) is 3. The Morgan fingerprint density at radius 3 is 2.52 bits per heavy atom. The van der Waals surface area contributed by atoms with Crippen LogP contribution in [0, 0.1) is 0 Å². The van der Waals surface area contributed by atoms with Gasteiger partial charge in [0.25, 0.3) is 0 Å². The van der Waals surface area contributed by atoms with E-state index in [1.165, 1.54) is 19.3 Å². The van der Waals surface area contributed by atoms with Crippen molar-refractivity contribution in [2.75, 3.05) is 13.2 Å². The zero-order chi connectivity index (χ0) is 18.9. The van der Waals surface area contributed by atoms with Gasteiger partial charge in [-0.15, -0.1) is 0 Å². The lowest BCUT2D eigenvalue weighted by Crippen LogP contribution is -2.46. The van der Waals surface area contributed by atoms with Crippen LogP contribution in [0.25, 0.3) is 10.4 Å². The molecule has 0 aliphatic carbocycles. The average molecular weight is 370 g/mol. The van der Waals surface area contributed by atoms with Gasteiger partial charge in [0.05, 0.1) is 25.4 Å². The molecule has 1 aliphatic rings. The fraction of sp³-hybridized carbons (Fsp3) is 0.889. The third kappa shape index (κ3) is 7.50. The monoisotopic (exact) mass is 369 g/mol. The maximum Gasteiger partial charge on any atom is 0.192 e. The molecule has 0 N–H and O–H groups in total. The van der Waals surface area contributed by atoms with Gasteiger partial charge in [-0.25, -0.2) is 0 Å². The van der Waals surface area contributed by atoms with Gasteiger partial charge in [-0.05, 0) is 36.2 Å². The summed E-state index contributed by atoms with van der Waals surface area (Å²) in [7, 11) is -1.88. The summed E-state index contributed by atoms with van der Waals surface area (Å²) in [6.45, 7) is 14.3. The molecule has 0 aromatic rings. The minimum absolute atomic E-state index is 0.126. The minimum atomic E-state index is -1.88. The summed E-state index contributed by atoms with van der Waals surface area (Å²) >= 11 is 0. The number of ether oxygens (including phenoxy) is 2. The smallest absolute Gasteiger partial charge is 0.192 e. The fourth-order valence-electron chi connectivity index (χ4n) is 2.27. The molecule has 3 atom stereocenters. The molecule has 0 aromatic heterocycles. The predicted molar refractivity (Wildman–Crippen MR) is 104 cm³/mol.